The molecule has 1 aromatic rings. The molecule has 1 unspecified atom stereocenters. The highest BCUT2D eigenvalue weighted by molar-refractivity contribution is 6.34. The van der Waals surface area contributed by atoms with Crippen molar-refractivity contribution in [3.8, 4) is 0 Å². The van der Waals surface area contributed by atoms with Crippen LogP contribution < -0.4 is 5.32 Å². The third kappa shape index (κ3) is 1.52. The van der Waals surface area contributed by atoms with Crippen LogP contribution in [0.2, 0.25) is 5.02 Å². The van der Waals surface area contributed by atoms with Crippen LogP contribution in [0.5, 0.6) is 0 Å². The Labute approximate surface area is 100.0 Å². The number of rotatable bonds is 1. The number of carbonyl (C=O) groups excluding carboxylic acids is 1. The Hall–Kier alpha value is -1.02. The lowest BCUT2D eigenvalue weighted by Crippen LogP contribution is -2.30. The zero-order valence-electron chi connectivity index (χ0n) is 9.00. The van der Waals surface area contributed by atoms with Crippen molar-refractivity contribution in [3.05, 3.63) is 28.8 Å². The van der Waals surface area contributed by atoms with E-state index in [9.17, 15) is 4.79 Å². The zero-order chi connectivity index (χ0) is 11.1. The van der Waals surface area contributed by atoms with Gasteiger partial charge in [-0.2, -0.15) is 0 Å². The van der Waals surface area contributed by atoms with E-state index >= 15 is 0 Å². The van der Waals surface area contributed by atoms with Gasteiger partial charge in [0, 0.05) is 6.42 Å². The molecule has 0 radical (unpaired) electrons. The number of benzene rings is 1. The Morgan fingerprint density at radius 3 is 2.81 bits per heavy atom. The van der Waals surface area contributed by atoms with E-state index in [0.717, 1.165) is 5.69 Å². The maximum Gasteiger partial charge on any atom is 0.225 e. The highest BCUT2D eigenvalue weighted by Crippen LogP contribution is 2.47. The summed E-state index contributed by atoms with van der Waals surface area (Å²) in [5.74, 6) is 1.18. The molecular weight excluding hydrogens is 222 g/mol. The van der Waals surface area contributed by atoms with Crippen LogP contribution in [0.1, 0.15) is 37.2 Å². The van der Waals surface area contributed by atoms with Crippen LogP contribution in [-0.4, -0.2) is 5.91 Å². The van der Waals surface area contributed by atoms with Crippen molar-refractivity contribution in [1.82, 2.24) is 0 Å². The molecule has 1 aromatic carbocycles. The average molecular weight is 236 g/mol. The molecule has 0 bridgehead atoms. The van der Waals surface area contributed by atoms with Crippen LogP contribution in [-0.2, 0) is 4.79 Å². The molecule has 1 fully saturated rings. The van der Waals surface area contributed by atoms with E-state index in [2.05, 4.69) is 11.4 Å². The SMILES string of the molecule is O=C1CC(C2CCC2)c2cccc(Cl)c2N1. The summed E-state index contributed by atoms with van der Waals surface area (Å²) in [6.45, 7) is 0. The van der Waals surface area contributed by atoms with Gasteiger partial charge in [-0.05, 0) is 36.3 Å². The van der Waals surface area contributed by atoms with Crippen molar-refractivity contribution >= 4 is 23.2 Å². The molecular formula is C13H14ClNO. The molecule has 1 N–H and O–H groups in total. The first-order valence-electron chi connectivity index (χ1n) is 5.84. The molecule has 2 nitrogen and oxygen atoms in total. The fourth-order valence-corrected chi connectivity index (χ4v) is 2.97. The third-order valence-electron chi connectivity index (χ3n) is 3.83. The van der Waals surface area contributed by atoms with E-state index in [1.165, 1.54) is 24.8 Å². The molecule has 84 valence electrons. The second kappa shape index (κ2) is 3.77. The normalized spacial score (nSPS) is 24.6. The van der Waals surface area contributed by atoms with Crippen molar-refractivity contribution in [2.24, 2.45) is 5.92 Å². The highest BCUT2D eigenvalue weighted by Gasteiger charge is 2.35. The topological polar surface area (TPSA) is 29.1 Å². The van der Waals surface area contributed by atoms with Gasteiger partial charge in [0.05, 0.1) is 10.7 Å². The predicted molar refractivity (Wildman–Crippen MR) is 64.8 cm³/mol. The number of hydrogen-bond donors (Lipinski definition) is 1. The van der Waals surface area contributed by atoms with Gasteiger partial charge in [0.25, 0.3) is 0 Å². The zero-order valence-corrected chi connectivity index (χ0v) is 9.76. The van der Waals surface area contributed by atoms with Gasteiger partial charge >= 0.3 is 0 Å². The smallest absolute Gasteiger partial charge is 0.225 e. The second-order valence-electron chi connectivity index (χ2n) is 4.75. The monoisotopic (exact) mass is 235 g/mol. The number of para-hydroxylation sites is 1. The minimum atomic E-state index is 0.109. The van der Waals surface area contributed by atoms with Gasteiger partial charge in [0.1, 0.15) is 0 Å². The lowest BCUT2D eigenvalue weighted by atomic mass is 9.70. The molecule has 3 heteroatoms. The number of hydrogen-bond acceptors (Lipinski definition) is 1. The van der Waals surface area contributed by atoms with Crippen molar-refractivity contribution in [3.63, 3.8) is 0 Å². The fourth-order valence-electron chi connectivity index (χ4n) is 2.74. The average Bonchev–Trinajstić information content (AvgIpc) is 2.17. The van der Waals surface area contributed by atoms with Crippen molar-refractivity contribution < 1.29 is 4.79 Å². The lowest BCUT2D eigenvalue weighted by molar-refractivity contribution is -0.117. The minimum absolute atomic E-state index is 0.109. The molecule has 2 aliphatic rings. The first-order chi connectivity index (χ1) is 7.75. The van der Waals surface area contributed by atoms with Gasteiger partial charge < -0.3 is 5.32 Å². The minimum Gasteiger partial charge on any atom is -0.325 e. The Kier molecular flexibility index (Phi) is 2.40. The maximum absolute atomic E-state index is 11.7. The van der Waals surface area contributed by atoms with Crippen LogP contribution in [0.4, 0.5) is 5.69 Å². The summed E-state index contributed by atoms with van der Waals surface area (Å²) < 4.78 is 0. The van der Waals surface area contributed by atoms with E-state index in [-0.39, 0.29) is 5.91 Å². The molecule has 0 spiro atoms. The summed E-state index contributed by atoms with van der Waals surface area (Å²) in [4.78, 5) is 11.7. The van der Waals surface area contributed by atoms with Gasteiger partial charge in [-0.25, -0.2) is 0 Å². The number of nitrogens with one attached hydrogen (secondary N) is 1. The van der Waals surface area contributed by atoms with Gasteiger partial charge in [0.15, 0.2) is 0 Å². The predicted octanol–water partition coefficient (Wildman–Crippen LogP) is 3.57. The molecule has 1 heterocycles. The number of anilines is 1. The summed E-state index contributed by atoms with van der Waals surface area (Å²) in [5, 5.41) is 3.55. The lowest BCUT2D eigenvalue weighted by Gasteiger charge is -2.37. The van der Waals surface area contributed by atoms with Crippen molar-refractivity contribution in [2.45, 2.75) is 31.6 Å². The number of fused-ring (bicyclic) bond motifs is 1. The molecule has 1 atom stereocenters. The molecule has 1 saturated carbocycles. The first-order valence-corrected chi connectivity index (χ1v) is 6.22. The largest absolute Gasteiger partial charge is 0.325 e. The molecule has 1 aliphatic heterocycles. The van der Waals surface area contributed by atoms with Crippen molar-refractivity contribution in [1.29, 1.82) is 0 Å². The Morgan fingerprint density at radius 1 is 1.31 bits per heavy atom. The van der Waals surface area contributed by atoms with Gasteiger partial charge in [-0.3, -0.25) is 4.79 Å². The van der Waals surface area contributed by atoms with E-state index < -0.39 is 0 Å². The van der Waals surface area contributed by atoms with Crippen molar-refractivity contribution in [2.75, 3.05) is 5.32 Å². The van der Waals surface area contributed by atoms with Gasteiger partial charge in [0.2, 0.25) is 5.91 Å². The van der Waals surface area contributed by atoms with Crippen LogP contribution in [0, 0.1) is 5.92 Å². The van der Waals surface area contributed by atoms with E-state index in [1.807, 2.05) is 12.1 Å². The number of amides is 1. The quantitative estimate of drug-likeness (QED) is 0.792. The maximum atomic E-state index is 11.7. The highest BCUT2D eigenvalue weighted by atomic mass is 35.5. The van der Waals surface area contributed by atoms with Crippen LogP contribution in [0.25, 0.3) is 0 Å². The van der Waals surface area contributed by atoms with E-state index in [4.69, 9.17) is 11.6 Å². The second-order valence-corrected chi connectivity index (χ2v) is 5.16. The summed E-state index contributed by atoms with van der Waals surface area (Å²) in [6.07, 6.45) is 4.44. The third-order valence-corrected chi connectivity index (χ3v) is 4.15. The number of halogens is 1. The standard InChI is InChI=1S/C13H14ClNO/c14-11-6-2-5-9-10(8-3-1-4-8)7-12(16)15-13(9)11/h2,5-6,8,10H,1,3-4,7H2,(H,15,16). The first kappa shape index (κ1) is 10.2. The molecule has 0 saturated heterocycles. The Balaban J connectivity index is 2.03. The molecule has 3 rings (SSSR count). The Morgan fingerprint density at radius 2 is 2.12 bits per heavy atom. The van der Waals surface area contributed by atoms with E-state index in [0.29, 0.717) is 23.3 Å². The molecule has 16 heavy (non-hydrogen) atoms. The van der Waals surface area contributed by atoms with Gasteiger partial charge in [-0.1, -0.05) is 30.2 Å². The molecule has 1 amide bonds. The summed E-state index contributed by atoms with van der Waals surface area (Å²) in [7, 11) is 0. The molecule has 0 aromatic heterocycles. The number of carbonyl (C=O) groups is 1. The van der Waals surface area contributed by atoms with E-state index in [1.54, 1.807) is 0 Å². The van der Waals surface area contributed by atoms with Gasteiger partial charge in [-0.15, -0.1) is 0 Å². The fraction of sp³-hybridized carbons (Fsp3) is 0.462. The van der Waals surface area contributed by atoms with Crippen LogP contribution in [0.3, 0.4) is 0 Å². The van der Waals surface area contributed by atoms with Crippen LogP contribution >= 0.6 is 11.6 Å². The Bertz CT molecular complexity index is 440. The summed E-state index contributed by atoms with van der Waals surface area (Å²) in [5.41, 5.74) is 2.08. The molecule has 1 aliphatic carbocycles. The summed E-state index contributed by atoms with van der Waals surface area (Å²) in [6, 6.07) is 5.91. The van der Waals surface area contributed by atoms with Crippen LogP contribution in [0.15, 0.2) is 18.2 Å². The summed E-state index contributed by atoms with van der Waals surface area (Å²) >= 11 is 6.12.